The Morgan fingerprint density at radius 1 is 0.783 bits per heavy atom. The molecule has 2 N–H and O–H groups in total. The Bertz CT molecular complexity index is 836. The topological polar surface area (TPSA) is 92.3 Å². The van der Waals surface area contributed by atoms with Crippen molar-refractivity contribution in [1.29, 1.82) is 0 Å². The molecule has 0 spiro atoms. The maximum absolute atomic E-state index is 12.1. The van der Waals surface area contributed by atoms with E-state index in [1.807, 2.05) is 0 Å². The number of nitrogens with one attached hydrogen (secondary N) is 2. The molecule has 0 aromatic heterocycles. The second kappa shape index (κ2) is 7.22. The van der Waals surface area contributed by atoms with Crippen LogP contribution >= 0.6 is 0 Å². The average molecular weight is 354 g/mol. The van der Waals surface area contributed by atoms with Crippen LogP contribution in [0.2, 0.25) is 0 Å². The van der Waals surface area contributed by atoms with Crippen molar-refractivity contribution in [2.75, 3.05) is 6.54 Å². The molecule has 0 heterocycles. The second-order valence-corrected chi connectivity index (χ2v) is 8.48. The molecule has 0 aliphatic rings. The normalized spacial score (nSPS) is 13.6. The first-order valence-electron chi connectivity index (χ1n) is 6.93. The van der Waals surface area contributed by atoms with E-state index in [1.54, 1.807) is 43.3 Å². The molecule has 2 aromatic rings. The lowest BCUT2D eigenvalue weighted by Crippen LogP contribution is -2.41. The van der Waals surface area contributed by atoms with Crippen LogP contribution in [0.15, 0.2) is 70.5 Å². The zero-order valence-corrected chi connectivity index (χ0v) is 14.1. The van der Waals surface area contributed by atoms with E-state index < -0.39 is 26.1 Å². The highest BCUT2D eigenvalue weighted by Gasteiger charge is 2.19. The van der Waals surface area contributed by atoms with E-state index in [2.05, 4.69) is 9.44 Å². The highest BCUT2D eigenvalue weighted by Crippen LogP contribution is 2.09. The summed E-state index contributed by atoms with van der Waals surface area (Å²) in [5.74, 6) is 0. The molecule has 2 rings (SSSR count). The predicted octanol–water partition coefficient (Wildman–Crippen LogP) is 1.33. The zero-order valence-electron chi connectivity index (χ0n) is 12.5. The van der Waals surface area contributed by atoms with Crippen molar-refractivity contribution < 1.29 is 16.8 Å². The summed E-state index contributed by atoms with van der Waals surface area (Å²) in [7, 11) is -7.34. The Morgan fingerprint density at radius 2 is 1.22 bits per heavy atom. The van der Waals surface area contributed by atoms with E-state index in [4.69, 9.17) is 0 Å². The minimum atomic E-state index is -3.68. The molecule has 1 atom stereocenters. The minimum Gasteiger partial charge on any atom is -0.210 e. The molecule has 0 aliphatic heterocycles. The Morgan fingerprint density at radius 3 is 1.70 bits per heavy atom. The van der Waals surface area contributed by atoms with Crippen molar-refractivity contribution in [3.05, 3.63) is 60.7 Å². The number of rotatable bonds is 7. The Balaban J connectivity index is 1.99. The maximum Gasteiger partial charge on any atom is 0.240 e. The van der Waals surface area contributed by atoms with Crippen LogP contribution in [0.25, 0.3) is 0 Å². The first kappa shape index (κ1) is 17.6. The fourth-order valence-electron chi connectivity index (χ4n) is 1.89. The first-order chi connectivity index (χ1) is 10.8. The summed E-state index contributed by atoms with van der Waals surface area (Å²) in [6, 6.07) is 15.2. The molecule has 0 bridgehead atoms. The number of hydrogen-bond acceptors (Lipinski definition) is 4. The fraction of sp³-hybridized carbons (Fsp3) is 0.200. The molecule has 0 fully saturated rings. The van der Waals surface area contributed by atoms with E-state index in [0.717, 1.165) is 0 Å². The van der Waals surface area contributed by atoms with Gasteiger partial charge < -0.3 is 0 Å². The minimum absolute atomic E-state index is 0.0523. The van der Waals surface area contributed by atoms with Gasteiger partial charge >= 0.3 is 0 Å². The third-order valence-corrected chi connectivity index (χ3v) is 6.09. The first-order valence-corrected chi connectivity index (χ1v) is 9.90. The average Bonchev–Trinajstić information content (AvgIpc) is 2.54. The van der Waals surface area contributed by atoms with Gasteiger partial charge in [-0.25, -0.2) is 26.3 Å². The zero-order chi connectivity index (χ0) is 16.9. The molecule has 8 heteroatoms. The van der Waals surface area contributed by atoms with Gasteiger partial charge in [-0.3, -0.25) is 0 Å². The third kappa shape index (κ3) is 4.87. The molecule has 124 valence electrons. The fourth-order valence-corrected chi connectivity index (χ4v) is 4.31. The van der Waals surface area contributed by atoms with Gasteiger partial charge in [0.1, 0.15) is 0 Å². The van der Waals surface area contributed by atoms with Gasteiger partial charge in [0.2, 0.25) is 20.0 Å². The van der Waals surface area contributed by atoms with Crippen molar-refractivity contribution in [3.63, 3.8) is 0 Å². The second-order valence-electron chi connectivity index (χ2n) is 5.00. The molecule has 6 nitrogen and oxygen atoms in total. The monoisotopic (exact) mass is 354 g/mol. The molecule has 23 heavy (non-hydrogen) atoms. The SMILES string of the molecule is CC(CNS(=O)(=O)c1ccccc1)NS(=O)(=O)c1ccccc1. The van der Waals surface area contributed by atoms with Crippen molar-refractivity contribution >= 4 is 20.0 Å². The van der Waals surface area contributed by atoms with E-state index >= 15 is 0 Å². The maximum atomic E-state index is 12.1. The predicted molar refractivity (Wildman–Crippen MR) is 87.9 cm³/mol. The summed E-state index contributed by atoms with van der Waals surface area (Å²) in [4.78, 5) is 0.274. The van der Waals surface area contributed by atoms with Gasteiger partial charge in [0, 0.05) is 12.6 Å². The Hall–Kier alpha value is -1.74. The molecule has 0 aliphatic carbocycles. The summed E-state index contributed by atoms with van der Waals surface area (Å²) in [6.45, 7) is 1.54. The number of benzene rings is 2. The lowest BCUT2D eigenvalue weighted by atomic mass is 10.4. The lowest BCUT2D eigenvalue weighted by Gasteiger charge is -2.15. The van der Waals surface area contributed by atoms with Crippen LogP contribution < -0.4 is 9.44 Å². The van der Waals surface area contributed by atoms with Gasteiger partial charge in [-0.15, -0.1) is 0 Å². The van der Waals surface area contributed by atoms with E-state index in [-0.39, 0.29) is 16.3 Å². The van der Waals surface area contributed by atoms with Crippen LogP contribution in [0.5, 0.6) is 0 Å². The number of sulfonamides is 2. The molecule has 0 radical (unpaired) electrons. The quantitative estimate of drug-likeness (QED) is 0.785. The number of hydrogen-bond donors (Lipinski definition) is 2. The van der Waals surface area contributed by atoms with Crippen molar-refractivity contribution in [2.45, 2.75) is 22.8 Å². The third-order valence-electron chi connectivity index (χ3n) is 3.04. The summed E-state index contributed by atoms with van der Waals surface area (Å²) < 4.78 is 53.3. The largest absolute Gasteiger partial charge is 0.240 e. The highest BCUT2D eigenvalue weighted by atomic mass is 32.2. The molecule has 0 saturated carbocycles. The molecular weight excluding hydrogens is 336 g/mol. The summed E-state index contributed by atoms with van der Waals surface area (Å²) in [5, 5.41) is 0. The molecule has 0 saturated heterocycles. The van der Waals surface area contributed by atoms with Crippen LogP contribution in [-0.4, -0.2) is 29.4 Å². The smallest absolute Gasteiger partial charge is 0.210 e. The standard InChI is InChI=1S/C15H18N2O4S2/c1-13(17-23(20,21)15-10-6-3-7-11-15)12-16-22(18,19)14-8-4-2-5-9-14/h2-11,13,16-17H,12H2,1H3. The molecule has 2 aromatic carbocycles. The molecular formula is C15H18N2O4S2. The van der Waals surface area contributed by atoms with Crippen molar-refractivity contribution in [3.8, 4) is 0 Å². The van der Waals surface area contributed by atoms with Gasteiger partial charge in [-0.2, -0.15) is 0 Å². The van der Waals surface area contributed by atoms with Crippen LogP contribution in [0, 0.1) is 0 Å². The van der Waals surface area contributed by atoms with Gasteiger partial charge in [-0.1, -0.05) is 36.4 Å². The van der Waals surface area contributed by atoms with Crippen LogP contribution in [0.1, 0.15) is 6.92 Å². The summed E-state index contributed by atoms with van der Waals surface area (Å²) in [5.41, 5.74) is 0. The lowest BCUT2D eigenvalue weighted by molar-refractivity contribution is 0.545. The molecule has 0 amide bonds. The van der Waals surface area contributed by atoms with E-state index in [1.165, 1.54) is 24.3 Å². The van der Waals surface area contributed by atoms with Gasteiger partial charge in [-0.05, 0) is 31.2 Å². The highest BCUT2D eigenvalue weighted by molar-refractivity contribution is 7.90. The Labute approximate surface area is 136 Å². The van der Waals surface area contributed by atoms with Crippen LogP contribution in [-0.2, 0) is 20.0 Å². The van der Waals surface area contributed by atoms with E-state index in [0.29, 0.717) is 0 Å². The van der Waals surface area contributed by atoms with Gasteiger partial charge in [0.15, 0.2) is 0 Å². The summed E-state index contributed by atoms with van der Waals surface area (Å²) in [6.07, 6.45) is 0. The van der Waals surface area contributed by atoms with Gasteiger partial charge in [0.25, 0.3) is 0 Å². The van der Waals surface area contributed by atoms with Crippen LogP contribution in [0.3, 0.4) is 0 Å². The van der Waals surface area contributed by atoms with E-state index in [9.17, 15) is 16.8 Å². The Kier molecular flexibility index (Phi) is 5.53. The van der Waals surface area contributed by atoms with Crippen LogP contribution in [0.4, 0.5) is 0 Å². The van der Waals surface area contributed by atoms with Crippen molar-refractivity contribution in [1.82, 2.24) is 9.44 Å². The van der Waals surface area contributed by atoms with Crippen molar-refractivity contribution in [2.24, 2.45) is 0 Å². The summed E-state index contributed by atoms with van der Waals surface area (Å²) >= 11 is 0. The molecule has 1 unspecified atom stereocenters. The van der Waals surface area contributed by atoms with Gasteiger partial charge in [0.05, 0.1) is 9.79 Å².